The van der Waals surface area contributed by atoms with Gasteiger partial charge >= 0.3 is 30.1 Å². The van der Waals surface area contributed by atoms with Crippen LogP contribution in [0.3, 0.4) is 0 Å². The number of halogens is 8. The molecule has 0 aliphatic carbocycles. The van der Waals surface area contributed by atoms with Crippen LogP contribution in [0.1, 0.15) is 42.5 Å². The Labute approximate surface area is 449 Å². The van der Waals surface area contributed by atoms with Gasteiger partial charge in [-0.05, 0) is 48.5 Å². The van der Waals surface area contributed by atoms with Crippen LogP contribution in [0.2, 0.25) is 0 Å². The Morgan fingerprint density at radius 2 is 1.12 bits per heavy atom. The number of aromatic nitrogens is 12. The van der Waals surface area contributed by atoms with Crippen LogP contribution in [-0.4, -0.2) is 142 Å². The molecule has 10 heterocycles. The van der Waals surface area contributed by atoms with Crippen LogP contribution in [0.25, 0.3) is 21.4 Å². The van der Waals surface area contributed by atoms with Gasteiger partial charge in [0, 0.05) is 105 Å². The first-order chi connectivity index (χ1) is 37.0. The highest BCUT2D eigenvalue weighted by atomic mass is 35.5. The molecule has 408 valence electrons. The summed E-state index contributed by atoms with van der Waals surface area (Å²) in [6.07, 6.45) is -0.474. The molecule has 0 unspecified atom stereocenters. The molecule has 8 aromatic heterocycles. The number of hydrogen-bond acceptors (Lipinski definition) is 23. The molecule has 0 bridgehead atoms. The molecule has 0 atom stereocenters. The van der Waals surface area contributed by atoms with Crippen molar-refractivity contribution < 1.29 is 63.2 Å². The number of carboxylic acid groups (broad SMARTS) is 1. The Bertz CT molecular complexity index is 3220. The maximum atomic E-state index is 12.8. The number of aromatic carboxylic acids is 1. The van der Waals surface area contributed by atoms with Crippen LogP contribution >= 0.6 is 35.1 Å². The normalized spacial score (nSPS) is 14.0. The molecule has 1 amide bonds. The standard InChI is InChI=1S/C21H17F3N8O3S2.C17H10F3N7O3S.C4H9NOS.ClH.FH/c22-21(23,24)20-27-18(30-35-20)15-3-1-13(36-15)12-32(17-11-25-5-6-26-17)16-4-2-14(28-29-16)19(33)31-7-9-37(34)10-8-31;18-17(19,20)16-23-14(26-30-16)11-3-1-9(31-11)8-27(13-7-21-5-6-22-13)12-4-2-10(15(28)29)24-25-12;6-7-3-1-5-2-4-7;;/h1-6,11H,7-10,12H2;1-7H,8H2,(H,28,29);5H,1-4H2;2*1H/i/hD. The summed E-state index contributed by atoms with van der Waals surface area (Å²) in [5.41, 5.74) is -0.0645. The van der Waals surface area contributed by atoms with Gasteiger partial charge in [-0.15, -0.1) is 55.5 Å². The molecule has 8 aromatic rings. The van der Waals surface area contributed by atoms with Gasteiger partial charge in [0.15, 0.2) is 34.7 Å². The van der Waals surface area contributed by atoms with E-state index in [-0.39, 0.29) is 54.4 Å². The Morgan fingerprint density at radius 3 is 1.48 bits per heavy atom. The number of anilines is 4. The maximum absolute atomic E-state index is 12.8. The zero-order chi connectivity index (χ0) is 55.1. The van der Waals surface area contributed by atoms with Crippen molar-refractivity contribution in [2.24, 2.45) is 0 Å². The van der Waals surface area contributed by atoms with Gasteiger partial charge in [0.2, 0.25) is 11.6 Å². The molecule has 2 aliphatic heterocycles. The quantitative estimate of drug-likeness (QED) is 0.127. The number of nitrogens with zero attached hydrogens (tertiary/aromatic N) is 15. The molecule has 2 saturated heterocycles. The third kappa shape index (κ3) is 15.8. The second kappa shape index (κ2) is 26.6. The van der Waals surface area contributed by atoms with Gasteiger partial charge in [-0.1, -0.05) is 10.3 Å². The number of thiophene rings is 2. The smallest absolute Gasteiger partial charge is 0.471 e. The maximum Gasteiger partial charge on any atom is 0.471 e. The van der Waals surface area contributed by atoms with Crippen molar-refractivity contribution in [2.75, 3.05) is 59.0 Å². The van der Waals surface area contributed by atoms with E-state index in [1.54, 1.807) is 51.1 Å². The lowest BCUT2D eigenvalue weighted by Crippen LogP contribution is -2.42. The van der Waals surface area contributed by atoms with Gasteiger partial charge in [-0.25, -0.2) is 14.8 Å². The number of carboxylic acids is 1. The van der Waals surface area contributed by atoms with E-state index >= 15 is 0 Å². The van der Waals surface area contributed by atoms with Crippen LogP contribution in [0, 0.1) is 0 Å². The summed E-state index contributed by atoms with van der Waals surface area (Å²) in [7, 11) is -1.41. The Hall–Kier alpha value is -7.40. The minimum absolute atomic E-state index is 0. The fourth-order valence-corrected chi connectivity index (χ4v) is 10.4. The fourth-order valence-electron chi connectivity index (χ4n) is 6.54. The Morgan fingerprint density at radius 1 is 0.662 bits per heavy atom. The summed E-state index contributed by atoms with van der Waals surface area (Å²) >= 11 is 2.33. The molecule has 0 saturated carbocycles. The first kappa shape index (κ1) is 57.3. The number of carbonyl (C=O) groups is 2. The molecule has 0 aromatic carbocycles. The summed E-state index contributed by atoms with van der Waals surface area (Å²) in [6.45, 7) is 3.10. The van der Waals surface area contributed by atoms with Crippen molar-refractivity contribution in [3.63, 3.8) is 0 Å². The SMILES string of the molecule is Cl.O=C(O)c1ccc(N(Cc2ccc(-c3noc(C(F)(F)F)n3)s2)c2cnccn2)nn1.O=C(c1ccc(N(Cc2ccc(-c3noc(C(F)(F)F)n3)s2)c2cnccn2)nn1)N1CCS(=O)CC1.O=S1CCNCC1.[2H]F. The van der Waals surface area contributed by atoms with Crippen molar-refractivity contribution in [1.82, 2.24) is 70.8 Å². The molecular formula is C42H38ClF7N16O7S4. The zero-order valence-electron chi connectivity index (χ0n) is 39.9. The van der Waals surface area contributed by atoms with E-state index in [0.717, 1.165) is 40.8 Å². The molecule has 0 spiro atoms. The van der Waals surface area contributed by atoms with Crippen molar-refractivity contribution in [3.8, 4) is 21.4 Å². The van der Waals surface area contributed by atoms with Crippen molar-refractivity contribution >= 4 is 91.8 Å². The average Bonchev–Trinajstić information content (AvgIpc) is 4.31. The van der Waals surface area contributed by atoms with Crippen LogP contribution in [0.4, 0.5) is 54.3 Å². The molecular weight excluding hydrogens is 1140 g/mol. The van der Waals surface area contributed by atoms with Crippen LogP contribution in [0.15, 0.2) is 94.8 Å². The summed E-state index contributed by atoms with van der Waals surface area (Å²) in [6, 6.07) is 12.5. The molecule has 35 heteroatoms. The van der Waals surface area contributed by atoms with Gasteiger partial charge in [-0.3, -0.25) is 27.9 Å². The first-order valence-electron chi connectivity index (χ1n) is 22.0. The third-order valence-corrected chi connectivity index (χ3v) is 14.9. The third-order valence-electron chi connectivity index (χ3n) is 10.2. The summed E-state index contributed by atoms with van der Waals surface area (Å²) < 4.78 is 120. The number of nitrogens with one attached hydrogen (secondary N) is 1. The van der Waals surface area contributed by atoms with Crippen molar-refractivity contribution in [2.45, 2.75) is 25.4 Å². The van der Waals surface area contributed by atoms with Gasteiger partial charge in [0.25, 0.3) is 7.36 Å². The van der Waals surface area contributed by atoms with Gasteiger partial charge < -0.3 is 34.2 Å². The van der Waals surface area contributed by atoms with Crippen LogP contribution in [-0.2, 0) is 47.0 Å². The second-order valence-electron chi connectivity index (χ2n) is 15.3. The lowest BCUT2D eigenvalue weighted by atomic mass is 10.3. The van der Waals surface area contributed by atoms with E-state index in [1.165, 1.54) is 60.7 Å². The number of hydrogen-bond donors (Lipinski definition) is 2. The number of alkyl halides is 6. The van der Waals surface area contributed by atoms with E-state index in [1.807, 2.05) is 0 Å². The van der Waals surface area contributed by atoms with E-state index in [2.05, 4.69) is 76.4 Å². The zero-order valence-corrected chi connectivity index (χ0v) is 43.0. The lowest BCUT2D eigenvalue weighted by molar-refractivity contribution is -0.160. The highest BCUT2D eigenvalue weighted by molar-refractivity contribution is 7.85. The Kier molecular flexibility index (Phi) is 19.8. The van der Waals surface area contributed by atoms with E-state index in [0.29, 0.717) is 62.5 Å². The largest absolute Gasteiger partial charge is 0.476 e. The first-order valence-corrected chi connectivity index (χ1v) is 26.3. The number of carbonyl (C=O) groups excluding carboxylic acids is 1. The van der Waals surface area contributed by atoms with Crippen molar-refractivity contribution in [3.05, 3.63) is 119 Å². The summed E-state index contributed by atoms with van der Waals surface area (Å²) in [4.78, 5) is 54.4. The topological polar surface area (TPSA) is 291 Å². The summed E-state index contributed by atoms with van der Waals surface area (Å²) in [5, 5.41) is 34.8. The molecule has 2 N–H and O–H groups in total. The number of rotatable bonds is 12. The van der Waals surface area contributed by atoms with Crippen LogP contribution < -0.4 is 15.1 Å². The molecule has 2 aliphatic rings. The van der Waals surface area contributed by atoms with Gasteiger partial charge in [0.05, 0.1) is 35.2 Å². The number of amides is 1. The van der Waals surface area contributed by atoms with Crippen molar-refractivity contribution in [1.29, 1.82) is 1.45 Å². The van der Waals surface area contributed by atoms with Gasteiger partial charge in [-0.2, -0.15) is 36.3 Å². The van der Waals surface area contributed by atoms with E-state index < -0.39 is 51.7 Å². The Balaban J connectivity index is 0.000000218. The van der Waals surface area contributed by atoms with E-state index in [9.17, 15) is 44.3 Å². The predicted molar refractivity (Wildman–Crippen MR) is 266 cm³/mol. The predicted octanol–water partition coefficient (Wildman–Crippen LogP) is 6.29. The molecule has 10 rings (SSSR count). The van der Waals surface area contributed by atoms with Gasteiger partial charge in [0.1, 0.15) is 0 Å². The average molecular weight is 1180 g/mol. The summed E-state index contributed by atoms with van der Waals surface area (Å²) in [5.74, 6) is -0.590. The lowest BCUT2D eigenvalue weighted by Gasteiger charge is -2.26. The highest BCUT2D eigenvalue weighted by Crippen LogP contribution is 2.35. The highest BCUT2D eigenvalue weighted by Gasteiger charge is 2.39. The molecule has 2 fully saturated rings. The van der Waals surface area contributed by atoms with Crippen LogP contribution in [0.5, 0.6) is 0 Å². The fraction of sp³-hybridized carbons (Fsp3) is 0.286. The molecule has 0 radical (unpaired) electrons. The van der Waals surface area contributed by atoms with E-state index in [4.69, 9.17) is 9.82 Å². The second-order valence-corrected chi connectivity index (χ2v) is 21.0. The minimum atomic E-state index is -4.73. The minimum Gasteiger partial charge on any atom is -0.476 e. The molecule has 23 nitrogen and oxygen atoms in total. The monoisotopic (exact) mass is 1180 g/mol. The molecule has 77 heavy (non-hydrogen) atoms.